The average molecular weight is 165 g/mol. The van der Waals surface area contributed by atoms with Crippen molar-refractivity contribution in [2.75, 3.05) is 0 Å². The number of aromatic nitrogens is 1. The van der Waals surface area contributed by atoms with Crippen LogP contribution in [-0.2, 0) is 6.42 Å². The molecule has 0 unspecified atom stereocenters. The highest BCUT2D eigenvalue weighted by Crippen LogP contribution is 2.10. The van der Waals surface area contributed by atoms with E-state index in [4.69, 9.17) is 4.74 Å². The van der Waals surface area contributed by atoms with E-state index in [9.17, 15) is 0 Å². The van der Waals surface area contributed by atoms with Crippen LogP contribution in [0.2, 0.25) is 0 Å². The summed E-state index contributed by atoms with van der Waals surface area (Å²) >= 11 is 0. The first-order valence-electron chi connectivity index (χ1n) is 4.34. The van der Waals surface area contributed by atoms with Crippen molar-refractivity contribution in [2.24, 2.45) is 0 Å². The highest BCUT2D eigenvalue weighted by atomic mass is 16.5. The molecule has 0 spiro atoms. The molecule has 0 aliphatic heterocycles. The molecule has 2 nitrogen and oxygen atoms in total. The molecule has 1 aromatic rings. The molecule has 12 heavy (non-hydrogen) atoms. The van der Waals surface area contributed by atoms with Crippen LogP contribution in [0.25, 0.3) is 0 Å². The van der Waals surface area contributed by atoms with Gasteiger partial charge in [-0.05, 0) is 31.9 Å². The zero-order valence-corrected chi connectivity index (χ0v) is 7.87. The van der Waals surface area contributed by atoms with Crippen molar-refractivity contribution in [3.05, 3.63) is 23.9 Å². The number of pyridine rings is 1. The van der Waals surface area contributed by atoms with Gasteiger partial charge in [-0.2, -0.15) is 0 Å². The van der Waals surface area contributed by atoms with Gasteiger partial charge in [-0.1, -0.05) is 6.92 Å². The predicted molar refractivity (Wildman–Crippen MR) is 49.4 cm³/mol. The number of aryl methyl sites for hydroxylation is 1. The highest BCUT2D eigenvalue weighted by Gasteiger charge is 1.98. The Kier molecular flexibility index (Phi) is 3.09. The van der Waals surface area contributed by atoms with E-state index in [0.717, 1.165) is 12.3 Å². The maximum atomic E-state index is 5.45. The van der Waals surface area contributed by atoms with Crippen LogP contribution in [0.5, 0.6) is 5.88 Å². The Bertz CT molecular complexity index is 245. The van der Waals surface area contributed by atoms with Crippen LogP contribution in [0.1, 0.15) is 26.3 Å². The molecule has 0 fully saturated rings. The van der Waals surface area contributed by atoms with E-state index in [1.54, 1.807) is 6.20 Å². The normalized spacial score (nSPS) is 10.3. The van der Waals surface area contributed by atoms with Crippen LogP contribution in [0.15, 0.2) is 18.3 Å². The molecule has 0 aromatic carbocycles. The van der Waals surface area contributed by atoms with E-state index < -0.39 is 0 Å². The Morgan fingerprint density at radius 2 is 2.25 bits per heavy atom. The minimum Gasteiger partial charge on any atom is -0.475 e. The first kappa shape index (κ1) is 9.04. The summed E-state index contributed by atoms with van der Waals surface area (Å²) in [6.07, 6.45) is 3.01. The average Bonchev–Trinajstić information content (AvgIpc) is 2.03. The van der Waals surface area contributed by atoms with Crippen LogP contribution < -0.4 is 4.74 Å². The molecule has 0 bridgehead atoms. The molecule has 0 saturated carbocycles. The summed E-state index contributed by atoms with van der Waals surface area (Å²) in [4.78, 5) is 4.11. The number of ether oxygens (including phenoxy) is 1. The molecule has 0 aliphatic rings. The first-order valence-corrected chi connectivity index (χ1v) is 4.34. The van der Waals surface area contributed by atoms with Gasteiger partial charge in [0, 0.05) is 12.3 Å². The summed E-state index contributed by atoms with van der Waals surface area (Å²) in [5.41, 5.74) is 1.26. The molecule has 66 valence electrons. The second kappa shape index (κ2) is 4.10. The van der Waals surface area contributed by atoms with Gasteiger partial charge in [0.2, 0.25) is 5.88 Å². The third-order valence-corrected chi connectivity index (χ3v) is 1.56. The van der Waals surface area contributed by atoms with Crippen LogP contribution in [0.4, 0.5) is 0 Å². The zero-order chi connectivity index (χ0) is 8.97. The second-order valence-electron chi connectivity index (χ2n) is 3.02. The van der Waals surface area contributed by atoms with Crippen LogP contribution in [0, 0.1) is 0 Å². The summed E-state index contributed by atoms with van der Waals surface area (Å²) < 4.78 is 5.45. The van der Waals surface area contributed by atoms with Gasteiger partial charge in [-0.15, -0.1) is 0 Å². The molecule has 0 aliphatic carbocycles. The van der Waals surface area contributed by atoms with E-state index in [2.05, 4.69) is 11.9 Å². The Hall–Kier alpha value is -1.05. The van der Waals surface area contributed by atoms with Gasteiger partial charge in [0.05, 0.1) is 6.10 Å². The molecule has 1 heterocycles. The van der Waals surface area contributed by atoms with E-state index in [1.165, 1.54) is 5.56 Å². The van der Waals surface area contributed by atoms with Crippen molar-refractivity contribution >= 4 is 0 Å². The van der Waals surface area contributed by atoms with Crippen molar-refractivity contribution < 1.29 is 4.74 Å². The maximum Gasteiger partial charge on any atom is 0.213 e. The van der Waals surface area contributed by atoms with Crippen molar-refractivity contribution in [1.82, 2.24) is 4.98 Å². The Morgan fingerprint density at radius 3 is 2.83 bits per heavy atom. The zero-order valence-electron chi connectivity index (χ0n) is 7.87. The summed E-state index contributed by atoms with van der Waals surface area (Å²) in [5.74, 6) is 0.726. The lowest BCUT2D eigenvalue weighted by molar-refractivity contribution is 0.232. The van der Waals surface area contributed by atoms with Gasteiger partial charge in [0.1, 0.15) is 0 Å². The fraction of sp³-hybridized carbons (Fsp3) is 0.500. The summed E-state index contributed by atoms with van der Waals surface area (Å²) in [5, 5.41) is 0. The van der Waals surface area contributed by atoms with Crippen LogP contribution in [0.3, 0.4) is 0 Å². The molecule has 1 aromatic heterocycles. The lowest BCUT2D eigenvalue weighted by Gasteiger charge is -2.08. The topological polar surface area (TPSA) is 22.1 Å². The number of hydrogen-bond acceptors (Lipinski definition) is 2. The fourth-order valence-corrected chi connectivity index (χ4v) is 0.976. The maximum absolute atomic E-state index is 5.45. The van der Waals surface area contributed by atoms with Crippen molar-refractivity contribution in [3.8, 4) is 5.88 Å². The minimum atomic E-state index is 0.199. The van der Waals surface area contributed by atoms with E-state index in [1.807, 2.05) is 26.0 Å². The van der Waals surface area contributed by atoms with Gasteiger partial charge in [0.25, 0.3) is 0 Å². The summed E-state index contributed by atoms with van der Waals surface area (Å²) in [6.45, 7) is 6.12. The molecule has 2 heteroatoms. The number of rotatable bonds is 3. The fourth-order valence-electron chi connectivity index (χ4n) is 0.976. The largest absolute Gasteiger partial charge is 0.475 e. The van der Waals surface area contributed by atoms with Crippen molar-refractivity contribution in [1.29, 1.82) is 0 Å². The molecule has 0 amide bonds. The third kappa shape index (κ3) is 2.53. The quantitative estimate of drug-likeness (QED) is 0.686. The SMILES string of the molecule is CCc1ccnc(OC(C)C)c1. The summed E-state index contributed by atoms with van der Waals surface area (Å²) in [7, 11) is 0. The second-order valence-corrected chi connectivity index (χ2v) is 3.02. The molecular weight excluding hydrogens is 150 g/mol. The monoisotopic (exact) mass is 165 g/mol. The molecule has 0 saturated heterocycles. The van der Waals surface area contributed by atoms with Crippen LogP contribution >= 0.6 is 0 Å². The van der Waals surface area contributed by atoms with Gasteiger partial charge in [-0.3, -0.25) is 0 Å². The first-order chi connectivity index (χ1) is 5.72. The van der Waals surface area contributed by atoms with E-state index in [-0.39, 0.29) is 6.10 Å². The van der Waals surface area contributed by atoms with Crippen molar-refractivity contribution in [3.63, 3.8) is 0 Å². The van der Waals surface area contributed by atoms with Crippen molar-refractivity contribution in [2.45, 2.75) is 33.3 Å². The lowest BCUT2D eigenvalue weighted by atomic mass is 10.2. The molecule has 0 radical (unpaired) electrons. The van der Waals surface area contributed by atoms with Gasteiger partial charge >= 0.3 is 0 Å². The number of hydrogen-bond donors (Lipinski definition) is 0. The van der Waals surface area contributed by atoms with Gasteiger partial charge in [0.15, 0.2) is 0 Å². The van der Waals surface area contributed by atoms with Gasteiger partial charge in [-0.25, -0.2) is 4.98 Å². The molecular formula is C10H15NO. The minimum absolute atomic E-state index is 0.199. The smallest absolute Gasteiger partial charge is 0.213 e. The lowest BCUT2D eigenvalue weighted by Crippen LogP contribution is -2.06. The highest BCUT2D eigenvalue weighted by molar-refractivity contribution is 5.20. The predicted octanol–water partition coefficient (Wildman–Crippen LogP) is 2.43. The standard InChI is InChI=1S/C10H15NO/c1-4-9-5-6-11-10(7-9)12-8(2)3/h5-8H,4H2,1-3H3. The Morgan fingerprint density at radius 1 is 1.50 bits per heavy atom. The Balaban J connectivity index is 2.72. The van der Waals surface area contributed by atoms with E-state index in [0.29, 0.717) is 0 Å². The molecule has 1 rings (SSSR count). The van der Waals surface area contributed by atoms with Gasteiger partial charge < -0.3 is 4.74 Å². The third-order valence-electron chi connectivity index (χ3n) is 1.56. The molecule has 0 N–H and O–H groups in total. The Labute approximate surface area is 73.6 Å². The van der Waals surface area contributed by atoms with E-state index >= 15 is 0 Å². The summed E-state index contributed by atoms with van der Waals surface area (Å²) in [6, 6.07) is 3.99. The molecule has 0 atom stereocenters. The number of nitrogens with zero attached hydrogens (tertiary/aromatic N) is 1. The van der Waals surface area contributed by atoms with Crippen LogP contribution in [-0.4, -0.2) is 11.1 Å².